The number of H-pyrrole nitrogens is 1. The third-order valence-electron chi connectivity index (χ3n) is 4.82. The number of amides is 1. The van der Waals surface area contributed by atoms with Crippen LogP contribution >= 0.6 is 0 Å². The number of carbonyl (C=O) groups is 2. The molecule has 0 spiro atoms. The predicted octanol–water partition coefficient (Wildman–Crippen LogP) is 1.66. The molecule has 1 aliphatic carbocycles. The summed E-state index contributed by atoms with van der Waals surface area (Å²) in [7, 11) is 0. The van der Waals surface area contributed by atoms with E-state index in [9.17, 15) is 14.7 Å². The number of aromatic nitrogens is 2. The van der Waals surface area contributed by atoms with Crippen molar-refractivity contribution in [3.63, 3.8) is 0 Å². The predicted molar refractivity (Wildman–Crippen MR) is 73.1 cm³/mol. The molecule has 0 saturated heterocycles. The molecule has 1 aliphatic rings. The molecule has 1 fully saturated rings. The summed E-state index contributed by atoms with van der Waals surface area (Å²) >= 11 is 0. The fourth-order valence-electron chi connectivity index (χ4n) is 3.07. The van der Waals surface area contributed by atoms with Crippen molar-refractivity contribution in [2.24, 2.45) is 17.3 Å². The molecule has 1 aromatic heterocycles. The van der Waals surface area contributed by atoms with E-state index in [1.54, 1.807) is 6.20 Å². The van der Waals surface area contributed by atoms with Crippen molar-refractivity contribution in [3.05, 3.63) is 18.0 Å². The van der Waals surface area contributed by atoms with Crippen molar-refractivity contribution >= 4 is 11.9 Å². The molecule has 2 rings (SSSR count). The molecule has 0 bridgehead atoms. The van der Waals surface area contributed by atoms with Gasteiger partial charge in [0.1, 0.15) is 0 Å². The highest BCUT2D eigenvalue weighted by atomic mass is 16.4. The summed E-state index contributed by atoms with van der Waals surface area (Å²) in [5.41, 5.74) is 0.147. The van der Waals surface area contributed by atoms with Gasteiger partial charge in [-0.1, -0.05) is 20.8 Å². The summed E-state index contributed by atoms with van der Waals surface area (Å²) in [5.74, 6) is -1.19. The van der Waals surface area contributed by atoms with Crippen LogP contribution in [0.3, 0.4) is 0 Å². The van der Waals surface area contributed by atoms with Gasteiger partial charge >= 0.3 is 5.97 Å². The molecular weight excluding hydrogens is 258 g/mol. The number of aliphatic carboxylic acids is 1. The smallest absolute Gasteiger partial charge is 0.307 e. The average Bonchev–Trinajstić information content (AvgIpc) is 2.88. The molecule has 1 heterocycles. The van der Waals surface area contributed by atoms with Crippen molar-refractivity contribution in [2.45, 2.75) is 39.7 Å². The van der Waals surface area contributed by atoms with E-state index in [0.29, 0.717) is 18.4 Å². The molecule has 6 nitrogen and oxygen atoms in total. The first-order valence-electron chi connectivity index (χ1n) is 6.86. The van der Waals surface area contributed by atoms with Crippen LogP contribution in [0.15, 0.2) is 12.4 Å². The lowest BCUT2D eigenvalue weighted by atomic mass is 9.61. The molecule has 110 valence electrons. The summed E-state index contributed by atoms with van der Waals surface area (Å²) in [6, 6.07) is -0.0111. The number of carbonyl (C=O) groups excluding carboxylic acids is 1. The Bertz CT molecular complexity index is 496. The fourth-order valence-corrected chi connectivity index (χ4v) is 3.07. The van der Waals surface area contributed by atoms with E-state index in [4.69, 9.17) is 0 Å². The fraction of sp³-hybridized carbons (Fsp3) is 0.643. The van der Waals surface area contributed by atoms with Crippen LogP contribution in [-0.4, -0.2) is 33.2 Å². The minimum atomic E-state index is -0.749. The van der Waals surface area contributed by atoms with Crippen LogP contribution < -0.4 is 5.32 Å². The van der Waals surface area contributed by atoms with Crippen molar-refractivity contribution in [1.82, 2.24) is 15.5 Å². The molecule has 0 radical (unpaired) electrons. The lowest BCUT2D eigenvalue weighted by Crippen LogP contribution is -2.52. The normalized spacial score (nSPS) is 28.9. The molecule has 0 aliphatic heterocycles. The maximum absolute atomic E-state index is 12.1. The van der Waals surface area contributed by atoms with Gasteiger partial charge in [-0.05, 0) is 24.2 Å². The monoisotopic (exact) mass is 279 g/mol. The Hall–Kier alpha value is -1.85. The number of hydrogen-bond acceptors (Lipinski definition) is 3. The molecule has 3 unspecified atom stereocenters. The third kappa shape index (κ3) is 2.55. The summed E-state index contributed by atoms with van der Waals surface area (Å²) < 4.78 is 0. The standard InChI is InChI=1S/C14H21N3O3/c1-8-11(17-12(18)9-6-15-16-7-9)5-4-10(13(19)20)14(8,2)3/h6-8,10-11H,4-5H2,1-3H3,(H,15,16)(H,17,18)(H,19,20). The van der Waals surface area contributed by atoms with Gasteiger partial charge in [0.05, 0.1) is 17.7 Å². The summed E-state index contributed by atoms with van der Waals surface area (Å²) in [4.78, 5) is 23.4. The molecule has 1 saturated carbocycles. The van der Waals surface area contributed by atoms with Gasteiger partial charge < -0.3 is 10.4 Å². The van der Waals surface area contributed by atoms with Gasteiger partial charge in [0.2, 0.25) is 0 Å². The second-order valence-corrected chi connectivity index (χ2v) is 6.15. The Labute approximate surface area is 118 Å². The summed E-state index contributed by atoms with van der Waals surface area (Å²) in [6.45, 7) is 5.94. The lowest BCUT2D eigenvalue weighted by Gasteiger charge is -2.46. The zero-order valence-electron chi connectivity index (χ0n) is 12.0. The molecular formula is C14H21N3O3. The van der Waals surface area contributed by atoms with Gasteiger partial charge in [0.15, 0.2) is 0 Å². The number of aromatic amines is 1. The second-order valence-electron chi connectivity index (χ2n) is 6.15. The number of nitrogens with zero attached hydrogens (tertiary/aromatic N) is 1. The van der Waals surface area contributed by atoms with Crippen LogP contribution in [0.2, 0.25) is 0 Å². The Balaban J connectivity index is 2.08. The van der Waals surface area contributed by atoms with Crippen LogP contribution in [0.1, 0.15) is 44.0 Å². The molecule has 1 amide bonds. The lowest BCUT2D eigenvalue weighted by molar-refractivity contribution is -0.150. The minimum Gasteiger partial charge on any atom is -0.481 e. The highest BCUT2D eigenvalue weighted by Gasteiger charge is 2.46. The molecule has 6 heteroatoms. The van der Waals surface area contributed by atoms with E-state index in [0.717, 1.165) is 0 Å². The zero-order valence-corrected chi connectivity index (χ0v) is 12.0. The number of hydrogen-bond donors (Lipinski definition) is 3. The van der Waals surface area contributed by atoms with Crippen LogP contribution in [0, 0.1) is 17.3 Å². The molecule has 1 aromatic rings. The Morgan fingerprint density at radius 3 is 2.70 bits per heavy atom. The average molecular weight is 279 g/mol. The van der Waals surface area contributed by atoms with Gasteiger partial charge in [0, 0.05) is 12.2 Å². The van der Waals surface area contributed by atoms with E-state index in [-0.39, 0.29) is 29.2 Å². The zero-order chi connectivity index (χ0) is 14.9. The van der Waals surface area contributed by atoms with Crippen LogP contribution in [-0.2, 0) is 4.79 Å². The number of nitrogens with one attached hydrogen (secondary N) is 2. The van der Waals surface area contributed by atoms with Crippen molar-refractivity contribution in [2.75, 3.05) is 0 Å². The molecule has 3 N–H and O–H groups in total. The molecule has 20 heavy (non-hydrogen) atoms. The highest BCUT2D eigenvalue weighted by molar-refractivity contribution is 5.93. The van der Waals surface area contributed by atoms with Gasteiger partial charge in [-0.3, -0.25) is 14.7 Å². The van der Waals surface area contributed by atoms with Gasteiger partial charge in [-0.15, -0.1) is 0 Å². The van der Waals surface area contributed by atoms with E-state index in [1.807, 2.05) is 20.8 Å². The Kier molecular flexibility index (Phi) is 3.83. The van der Waals surface area contributed by atoms with Crippen molar-refractivity contribution in [1.29, 1.82) is 0 Å². The minimum absolute atomic E-state index is 0.0111. The summed E-state index contributed by atoms with van der Waals surface area (Å²) in [6.07, 6.45) is 4.30. The summed E-state index contributed by atoms with van der Waals surface area (Å²) in [5, 5.41) is 18.7. The van der Waals surface area contributed by atoms with Gasteiger partial charge in [0.25, 0.3) is 5.91 Å². The molecule has 0 aromatic carbocycles. The van der Waals surface area contributed by atoms with Crippen molar-refractivity contribution < 1.29 is 14.7 Å². The van der Waals surface area contributed by atoms with Crippen LogP contribution in [0.5, 0.6) is 0 Å². The SMILES string of the molecule is CC1C(NC(=O)c2cn[nH]c2)CCC(C(=O)O)C1(C)C. The first kappa shape index (κ1) is 14.6. The number of carboxylic acids is 1. The van der Waals surface area contributed by atoms with Crippen molar-refractivity contribution in [3.8, 4) is 0 Å². The third-order valence-corrected chi connectivity index (χ3v) is 4.82. The quantitative estimate of drug-likeness (QED) is 0.784. The number of rotatable bonds is 3. The van der Waals surface area contributed by atoms with Gasteiger partial charge in [-0.2, -0.15) is 5.10 Å². The maximum Gasteiger partial charge on any atom is 0.307 e. The van der Waals surface area contributed by atoms with E-state index >= 15 is 0 Å². The maximum atomic E-state index is 12.1. The number of carboxylic acid groups (broad SMARTS) is 1. The largest absolute Gasteiger partial charge is 0.481 e. The highest BCUT2D eigenvalue weighted by Crippen LogP contribution is 2.45. The van der Waals surface area contributed by atoms with Gasteiger partial charge in [-0.25, -0.2) is 0 Å². The first-order valence-corrected chi connectivity index (χ1v) is 6.86. The van der Waals surface area contributed by atoms with Crippen LogP contribution in [0.4, 0.5) is 0 Å². The topological polar surface area (TPSA) is 95.1 Å². The van der Waals surface area contributed by atoms with E-state index < -0.39 is 5.97 Å². The second kappa shape index (κ2) is 5.26. The first-order chi connectivity index (χ1) is 9.34. The van der Waals surface area contributed by atoms with E-state index in [1.165, 1.54) is 6.20 Å². The Morgan fingerprint density at radius 2 is 2.15 bits per heavy atom. The van der Waals surface area contributed by atoms with E-state index in [2.05, 4.69) is 15.5 Å². The van der Waals surface area contributed by atoms with Crippen LogP contribution in [0.25, 0.3) is 0 Å². The molecule has 3 atom stereocenters. The Morgan fingerprint density at radius 1 is 1.45 bits per heavy atom.